The second-order valence-corrected chi connectivity index (χ2v) is 11.3. The highest BCUT2D eigenvalue weighted by Crippen LogP contribution is 2.35. The van der Waals surface area contributed by atoms with Gasteiger partial charge in [0.2, 0.25) is 5.91 Å². The summed E-state index contributed by atoms with van der Waals surface area (Å²) in [6.07, 6.45) is 2.35. The number of hydrogen-bond acceptors (Lipinski definition) is 6. The number of carbonyl (C=O) groups excluding carboxylic acids is 2. The summed E-state index contributed by atoms with van der Waals surface area (Å²) in [6.45, 7) is 8.59. The van der Waals surface area contributed by atoms with Crippen molar-refractivity contribution in [2.75, 3.05) is 59.7 Å². The molecule has 0 aromatic heterocycles. The van der Waals surface area contributed by atoms with Crippen LogP contribution in [0.3, 0.4) is 0 Å². The number of anilines is 4. The summed E-state index contributed by atoms with van der Waals surface area (Å²) in [5.74, 6) is 0.107. The summed E-state index contributed by atoms with van der Waals surface area (Å²) in [5, 5.41) is 16.2. The fourth-order valence-electron chi connectivity index (χ4n) is 6.39. The van der Waals surface area contributed by atoms with E-state index in [9.17, 15) is 14.9 Å². The number of nitrogens with zero attached hydrogens (tertiary/aromatic N) is 4. The number of amides is 2. The molecule has 0 spiro atoms. The van der Waals surface area contributed by atoms with E-state index in [1.807, 2.05) is 54.3 Å². The Morgan fingerprint density at radius 3 is 2.37 bits per heavy atom. The molecule has 0 radical (unpaired) electrons. The number of aryl methyl sites for hydroxylation is 2. The predicted octanol–water partition coefficient (Wildman–Crippen LogP) is 4.71. The van der Waals surface area contributed by atoms with Gasteiger partial charge in [0.1, 0.15) is 6.07 Å². The van der Waals surface area contributed by atoms with Gasteiger partial charge in [-0.1, -0.05) is 30.3 Å². The normalized spacial score (nSPS) is 17.2. The van der Waals surface area contributed by atoms with Crippen molar-refractivity contribution in [2.45, 2.75) is 39.2 Å². The van der Waals surface area contributed by atoms with E-state index in [1.165, 1.54) is 0 Å². The smallest absolute Gasteiger partial charge is 0.254 e. The van der Waals surface area contributed by atoms with Gasteiger partial charge in [-0.05, 0) is 67.6 Å². The van der Waals surface area contributed by atoms with E-state index in [0.717, 1.165) is 89.6 Å². The van der Waals surface area contributed by atoms with Gasteiger partial charge in [-0.2, -0.15) is 5.26 Å². The minimum absolute atomic E-state index is 0.0374. The van der Waals surface area contributed by atoms with Crippen LogP contribution in [-0.2, 0) is 11.2 Å². The number of rotatable bonds is 5. The standard InChI is InChI=1S/C33H36N6O2/c1-22-18-23(2)28(35-26-10-12-37(13-11-26)29-8-4-3-6-25(29)21-34)20-27(22)33(41)39-16-14-38(15-17-39)30-9-5-7-24-19-31(40)36-32(24)30/h3-9,18,20,26,35H,10-17,19H2,1-2H3,(H,36,40). The Morgan fingerprint density at radius 2 is 1.61 bits per heavy atom. The molecule has 0 saturated carbocycles. The molecular weight excluding hydrogens is 512 g/mol. The lowest BCUT2D eigenvalue weighted by Gasteiger charge is -2.37. The first-order valence-electron chi connectivity index (χ1n) is 14.5. The first-order chi connectivity index (χ1) is 19.9. The lowest BCUT2D eigenvalue weighted by Crippen LogP contribution is -2.49. The highest BCUT2D eigenvalue weighted by atomic mass is 16.2. The Labute approximate surface area is 241 Å². The zero-order chi connectivity index (χ0) is 28.5. The van der Waals surface area contributed by atoms with Gasteiger partial charge in [0.05, 0.1) is 29.0 Å². The number of benzene rings is 3. The van der Waals surface area contributed by atoms with Crippen molar-refractivity contribution in [3.05, 3.63) is 82.4 Å². The molecule has 8 heteroatoms. The van der Waals surface area contributed by atoms with Crippen LogP contribution in [0.2, 0.25) is 0 Å². The number of piperidine rings is 1. The largest absolute Gasteiger partial charge is 0.382 e. The summed E-state index contributed by atoms with van der Waals surface area (Å²) in [4.78, 5) is 32.2. The minimum Gasteiger partial charge on any atom is -0.382 e. The third kappa shape index (κ3) is 5.32. The quantitative estimate of drug-likeness (QED) is 0.480. The van der Waals surface area contributed by atoms with Crippen LogP contribution >= 0.6 is 0 Å². The van der Waals surface area contributed by atoms with Crippen molar-refractivity contribution >= 4 is 34.6 Å². The van der Waals surface area contributed by atoms with Crippen molar-refractivity contribution in [1.29, 1.82) is 5.26 Å². The highest BCUT2D eigenvalue weighted by Gasteiger charge is 2.28. The van der Waals surface area contributed by atoms with Crippen LogP contribution in [0.1, 0.15) is 45.5 Å². The Morgan fingerprint density at radius 1 is 0.902 bits per heavy atom. The molecule has 41 heavy (non-hydrogen) atoms. The lowest BCUT2D eigenvalue weighted by molar-refractivity contribution is -0.115. The van der Waals surface area contributed by atoms with Crippen LogP contribution in [0.4, 0.5) is 22.7 Å². The molecule has 2 amide bonds. The van der Waals surface area contributed by atoms with Crippen LogP contribution in [0.15, 0.2) is 54.6 Å². The van der Waals surface area contributed by atoms with Crippen LogP contribution in [-0.4, -0.2) is 62.0 Å². The molecule has 0 bridgehead atoms. The molecule has 3 aromatic carbocycles. The van der Waals surface area contributed by atoms with Crippen molar-refractivity contribution in [3.8, 4) is 6.07 Å². The fourth-order valence-corrected chi connectivity index (χ4v) is 6.39. The molecule has 3 aliphatic heterocycles. The average Bonchev–Trinajstić information content (AvgIpc) is 3.39. The summed E-state index contributed by atoms with van der Waals surface area (Å²) >= 11 is 0. The molecule has 210 valence electrons. The Bertz CT molecular complexity index is 1530. The lowest BCUT2D eigenvalue weighted by atomic mass is 9.99. The van der Waals surface area contributed by atoms with E-state index in [1.54, 1.807) is 0 Å². The van der Waals surface area contributed by atoms with Crippen molar-refractivity contribution in [1.82, 2.24) is 4.90 Å². The molecule has 3 aromatic rings. The summed E-state index contributed by atoms with van der Waals surface area (Å²) in [7, 11) is 0. The molecule has 0 aliphatic carbocycles. The number of nitriles is 1. The third-order valence-electron chi connectivity index (χ3n) is 8.67. The second kappa shape index (κ2) is 11.2. The topological polar surface area (TPSA) is 91.7 Å². The molecular formula is C33H36N6O2. The van der Waals surface area contributed by atoms with Crippen molar-refractivity contribution in [2.24, 2.45) is 0 Å². The summed E-state index contributed by atoms with van der Waals surface area (Å²) in [5.41, 5.74) is 8.63. The Kier molecular flexibility index (Phi) is 7.27. The number of fused-ring (bicyclic) bond motifs is 1. The second-order valence-electron chi connectivity index (χ2n) is 11.3. The number of carbonyl (C=O) groups is 2. The maximum Gasteiger partial charge on any atom is 0.254 e. The highest BCUT2D eigenvalue weighted by molar-refractivity contribution is 6.03. The molecule has 3 aliphatic rings. The number of nitrogens with one attached hydrogen (secondary N) is 2. The van der Waals surface area contributed by atoms with Gasteiger partial charge >= 0.3 is 0 Å². The van der Waals surface area contributed by atoms with Crippen LogP contribution in [0, 0.1) is 25.2 Å². The zero-order valence-electron chi connectivity index (χ0n) is 23.7. The monoisotopic (exact) mass is 548 g/mol. The fraction of sp³-hybridized carbons (Fsp3) is 0.364. The molecule has 8 nitrogen and oxygen atoms in total. The first-order valence-corrected chi connectivity index (χ1v) is 14.5. The van der Waals surface area contributed by atoms with Crippen LogP contribution in [0.5, 0.6) is 0 Å². The predicted molar refractivity (Wildman–Crippen MR) is 163 cm³/mol. The van der Waals surface area contributed by atoms with E-state index < -0.39 is 0 Å². The molecule has 2 N–H and O–H groups in total. The van der Waals surface area contributed by atoms with Crippen LogP contribution in [0.25, 0.3) is 0 Å². The SMILES string of the molecule is Cc1cc(C)c(C(=O)N2CCN(c3cccc4c3NC(=O)C4)CC2)cc1NC1CCN(c2ccccc2C#N)CC1. The molecule has 6 rings (SSSR count). The molecule has 2 fully saturated rings. The minimum atomic E-state index is 0.0374. The van der Waals surface area contributed by atoms with E-state index in [-0.39, 0.29) is 11.8 Å². The van der Waals surface area contributed by atoms with Gasteiger partial charge in [-0.25, -0.2) is 0 Å². The van der Waals surface area contributed by atoms with Gasteiger partial charge in [0.15, 0.2) is 0 Å². The number of hydrogen-bond donors (Lipinski definition) is 2. The van der Waals surface area contributed by atoms with Crippen molar-refractivity contribution in [3.63, 3.8) is 0 Å². The molecule has 2 saturated heterocycles. The van der Waals surface area contributed by atoms with E-state index in [2.05, 4.69) is 45.6 Å². The Hall–Kier alpha value is -4.51. The first kappa shape index (κ1) is 26.7. The van der Waals surface area contributed by atoms with E-state index in [4.69, 9.17) is 0 Å². The van der Waals surface area contributed by atoms with Crippen LogP contribution < -0.4 is 20.4 Å². The van der Waals surface area contributed by atoms with Gasteiger partial charge in [-0.3, -0.25) is 9.59 Å². The third-order valence-corrected chi connectivity index (χ3v) is 8.67. The van der Waals surface area contributed by atoms with Gasteiger partial charge in [0.25, 0.3) is 5.91 Å². The molecule has 0 unspecified atom stereocenters. The molecule has 0 atom stereocenters. The van der Waals surface area contributed by atoms with E-state index in [0.29, 0.717) is 25.6 Å². The zero-order valence-corrected chi connectivity index (χ0v) is 23.7. The van der Waals surface area contributed by atoms with Gasteiger partial charge in [0, 0.05) is 56.6 Å². The average molecular weight is 549 g/mol. The summed E-state index contributed by atoms with van der Waals surface area (Å²) in [6, 6.07) is 20.6. The van der Waals surface area contributed by atoms with E-state index >= 15 is 0 Å². The molecule has 3 heterocycles. The summed E-state index contributed by atoms with van der Waals surface area (Å²) < 4.78 is 0. The maximum absolute atomic E-state index is 13.7. The Balaban J connectivity index is 1.10. The maximum atomic E-state index is 13.7. The number of piperazine rings is 1. The van der Waals surface area contributed by atoms with Gasteiger partial charge < -0.3 is 25.3 Å². The number of para-hydroxylation sites is 2. The van der Waals surface area contributed by atoms with Gasteiger partial charge in [-0.15, -0.1) is 0 Å². The van der Waals surface area contributed by atoms with Crippen molar-refractivity contribution < 1.29 is 9.59 Å².